The quantitative estimate of drug-likeness (QED) is 0.312. The first-order chi connectivity index (χ1) is 15.9. The molecule has 0 spiro atoms. The smallest absolute Gasteiger partial charge is 0.300 e. The summed E-state index contributed by atoms with van der Waals surface area (Å²) in [7, 11) is 0. The second-order valence-electron chi connectivity index (χ2n) is 7.55. The van der Waals surface area contributed by atoms with Crippen LogP contribution in [0.5, 0.6) is 5.75 Å². The first-order valence-corrected chi connectivity index (χ1v) is 10.5. The number of hydrogen-bond donors (Lipinski definition) is 1. The lowest BCUT2D eigenvalue weighted by Crippen LogP contribution is -2.30. The van der Waals surface area contributed by atoms with Gasteiger partial charge in [-0.1, -0.05) is 37.3 Å². The maximum Gasteiger partial charge on any atom is 0.300 e. The molecule has 1 unspecified atom stereocenters. The van der Waals surface area contributed by atoms with Crippen molar-refractivity contribution < 1.29 is 28.2 Å². The van der Waals surface area contributed by atoms with Crippen LogP contribution >= 0.6 is 0 Å². The number of amides is 1. The molecule has 1 heterocycles. The lowest BCUT2D eigenvalue weighted by atomic mass is 9.95. The van der Waals surface area contributed by atoms with Crippen molar-refractivity contribution in [3.8, 4) is 5.75 Å². The summed E-state index contributed by atoms with van der Waals surface area (Å²) < 4.78 is 34.1. The van der Waals surface area contributed by atoms with Gasteiger partial charge in [-0.2, -0.15) is 0 Å². The van der Waals surface area contributed by atoms with Gasteiger partial charge in [0.2, 0.25) is 0 Å². The molecule has 1 aliphatic heterocycles. The van der Waals surface area contributed by atoms with Gasteiger partial charge >= 0.3 is 0 Å². The fourth-order valence-electron chi connectivity index (χ4n) is 3.79. The van der Waals surface area contributed by atoms with Crippen LogP contribution in [0.15, 0.2) is 78.4 Å². The predicted octanol–water partition coefficient (Wildman–Crippen LogP) is 5.38. The molecular formula is C26H21F2NO4. The van der Waals surface area contributed by atoms with E-state index in [1.807, 2.05) is 6.92 Å². The Bertz CT molecular complexity index is 1220. The van der Waals surface area contributed by atoms with Crippen LogP contribution < -0.4 is 9.64 Å². The van der Waals surface area contributed by atoms with Crippen molar-refractivity contribution in [1.29, 1.82) is 0 Å². The fraction of sp³-hybridized carbons (Fsp3) is 0.154. The number of benzene rings is 3. The lowest BCUT2D eigenvalue weighted by molar-refractivity contribution is -0.132. The zero-order valence-corrected chi connectivity index (χ0v) is 17.8. The monoisotopic (exact) mass is 449 g/mol. The topological polar surface area (TPSA) is 66.8 Å². The van der Waals surface area contributed by atoms with E-state index in [1.54, 1.807) is 54.6 Å². The number of carbonyl (C=O) groups is 2. The number of anilines is 1. The molecule has 3 aromatic rings. The summed E-state index contributed by atoms with van der Waals surface area (Å²) in [6.07, 6.45) is 0.832. The van der Waals surface area contributed by atoms with Gasteiger partial charge in [0, 0.05) is 11.6 Å². The Balaban J connectivity index is 1.86. The highest BCUT2D eigenvalue weighted by Crippen LogP contribution is 2.43. The molecule has 5 nitrogen and oxygen atoms in total. The van der Waals surface area contributed by atoms with Crippen molar-refractivity contribution in [3.63, 3.8) is 0 Å². The Kier molecular flexibility index (Phi) is 6.22. The predicted molar refractivity (Wildman–Crippen MR) is 120 cm³/mol. The third kappa shape index (κ3) is 4.22. The fourth-order valence-corrected chi connectivity index (χ4v) is 3.79. The Labute approximate surface area is 189 Å². The molecule has 33 heavy (non-hydrogen) atoms. The Morgan fingerprint density at radius 2 is 1.70 bits per heavy atom. The zero-order chi connectivity index (χ0) is 23.5. The second kappa shape index (κ2) is 9.24. The molecule has 1 aliphatic rings. The summed E-state index contributed by atoms with van der Waals surface area (Å²) >= 11 is 0. The number of ketones is 1. The van der Waals surface area contributed by atoms with Gasteiger partial charge in [-0.05, 0) is 48.4 Å². The van der Waals surface area contributed by atoms with E-state index in [0.29, 0.717) is 17.9 Å². The maximum atomic E-state index is 14.6. The van der Waals surface area contributed by atoms with Crippen LogP contribution in [-0.4, -0.2) is 23.4 Å². The molecule has 4 rings (SSSR count). The first kappa shape index (κ1) is 22.2. The second-order valence-corrected chi connectivity index (χ2v) is 7.55. The van der Waals surface area contributed by atoms with E-state index in [2.05, 4.69) is 0 Å². The van der Waals surface area contributed by atoms with Crippen LogP contribution in [0.2, 0.25) is 0 Å². The lowest BCUT2D eigenvalue weighted by Gasteiger charge is -2.25. The van der Waals surface area contributed by atoms with Crippen molar-refractivity contribution in [2.75, 3.05) is 11.5 Å². The van der Waals surface area contributed by atoms with Crippen molar-refractivity contribution in [2.45, 2.75) is 19.4 Å². The number of aliphatic hydroxyl groups excluding tert-OH is 1. The standard InChI is InChI=1S/C26H21F2NO4/c1-2-14-33-19-11-8-17(9-12-19)24(30)22-23(16-6-4-3-5-7-16)29(26(32)25(22)31)21-15-18(27)10-13-20(21)28/h3-13,15,23,30H,2,14H2,1H3/b24-22+. The molecule has 1 N–H and O–H groups in total. The molecular weight excluding hydrogens is 428 g/mol. The molecule has 0 saturated carbocycles. The minimum Gasteiger partial charge on any atom is -0.507 e. The highest BCUT2D eigenvalue weighted by atomic mass is 19.1. The van der Waals surface area contributed by atoms with E-state index in [9.17, 15) is 23.5 Å². The number of ether oxygens (including phenoxy) is 1. The van der Waals surface area contributed by atoms with E-state index in [-0.39, 0.29) is 16.8 Å². The number of Topliss-reactive ketones (excluding diaryl/α,β-unsaturated/α-hetero) is 1. The van der Waals surface area contributed by atoms with E-state index in [1.165, 1.54) is 0 Å². The van der Waals surface area contributed by atoms with Crippen LogP contribution in [0.25, 0.3) is 5.76 Å². The molecule has 1 fully saturated rings. The summed E-state index contributed by atoms with van der Waals surface area (Å²) in [5, 5.41) is 11.1. The molecule has 0 aliphatic carbocycles. The minimum atomic E-state index is -1.14. The van der Waals surface area contributed by atoms with Crippen LogP contribution in [-0.2, 0) is 9.59 Å². The van der Waals surface area contributed by atoms with Gasteiger partial charge in [0.05, 0.1) is 23.9 Å². The van der Waals surface area contributed by atoms with Crippen molar-refractivity contribution >= 4 is 23.1 Å². The molecule has 0 aromatic heterocycles. The summed E-state index contributed by atoms with van der Waals surface area (Å²) in [6.45, 7) is 2.51. The van der Waals surface area contributed by atoms with Crippen molar-refractivity contribution in [3.05, 3.63) is 101 Å². The SMILES string of the molecule is CCCOc1ccc(/C(O)=C2\C(=O)C(=O)N(c3cc(F)ccc3F)C2c2ccccc2)cc1. The number of carbonyl (C=O) groups excluding carboxylic acids is 2. The van der Waals surface area contributed by atoms with E-state index >= 15 is 0 Å². The molecule has 0 bridgehead atoms. The summed E-state index contributed by atoms with van der Waals surface area (Å²) in [5.74, 6) is -3.49. The summed E-state index contributed by atoms with van der Waals surface area (Å²) in [5.41, 5.74) is 0.160. The normalized spacial score (nSPS) is 17.4. The van der Waals surface area contributed by atoms with E-state index < -0.39 is 35.1 Å². The van der Waals surface area contributed by atoms with Gasteiger partial charge in [-0.3, -0.25) is 14.5 Å². The number of nitrogens with zero attached hydrogens (tertiary/aromatic N) is 1. The van der Waals surface area contributed by atoms with Gasteiger partial charge in [0.1, 0.15) is 23.1 Å². The number of rotatable bonds is 6. The zero-order valence-electron chi connectivity index (χ0n) is 17.8. The van der Waals surface area contributed by atoms with E-state index in [4.69, 9.17) is 4.74 Å². The summed E-state index contributed by atoms with van der Waals surface area (Å²) in [6, 6.07) is 16.4. The first-order valence-electron chi connectivity index (χ1n) is 10.5. The number of halogens is 2. The van der Waals surface area contributed by atoms with Gasteiger partial charge in [-0.25, -0.2) is 8.78 Å². The summed E-state index contributed by atoms with van der Waals surface area (Å²) in [4.78, 5) is 26.9. The molecule has 1 saturated heterocycles. The molecule has 0 radical (unpaired) electrons. The average Bonchev–Trinajstić information content (AvgIpc) is 3.10. The Morgan fingerprint density at radius 3 is 2.36 bits per heavy atom. The van der Waals surface area contributed by atoms with Crippen molar-refractivity contribution in [2.24, 2.45) is 0 Å². The maximum absolute atomic E-state index is 14.6. The van der Waals surface area contributed by atoms with Crippen LogP contribution in [0.1, 0.15) is 30.5 Å². The number of aliphatic hydroxyl groups is 1. The van der Waals surface area contributed by atoms with Gasteiger partial charge in [0.25, 0.3) is 11.7 Å². The highest BCUT2D eigenvalue weighted by molar-refractivity contribution is 6.51. The van der Waals surface area contributed by atoms with Gasteiger partial charge in [-0.15, -0.1) is 0 Å². The van der Waals surface area contributed by atoms with Crippen LogP contribution in [0.3, 0.4) is 0 Å². The van der Waals surface area contributed by atoms with Crippen molar-refractivity contribution in [1.82, 2.24) is 0 Å². The molecule has 168 valence electrons. The molecule has 1 amide bonds. The third-order valence-electron chi connectivity index (χ3n) is 5.33. The highest BCUT2D eigenvalue weighted by Gasteiger charge is 2.47. The Morgan fingerprint density at radius 1 is 1.00 bits per heavy atom. The van der Waals surface area contributed by atoms with Crippen LogP contribution in [0.4, 0.5) is 14.5 Å². The van der Waals surface area contributed by atoms with Gasteiger partial charge in [0.15, 0.2) is 0 Å². The van der Waals surface area contributed by atoms with Crippen LogP contribution in [0, 0.1) is 11.6 Å². The van der Waals surface area contributed by atoms with Gasteiger partial charge < -0.3 is 9.84 Å². The largest absolute Gasteiger partial charge is 0.507 e. The average molecular weight is 449 g/mol. The molecule has 7 heteroatoms. The minimum absolute atomic E-state index is 0.211. The molecule has 3 aromatic carbocycles. The molecule has 1 atom stereocenters. The third-order valence-corrected chi connectivity index (χ3v) is 5.33. The Hall–Kier alpha value is -4.00. The van der Waals surface area contributed by atoms with E-state index in [0.717, 1.165) is 29.5 Å². The number of hydrogen-bond acceptors (Lipinski definition) is 4.